The molecule has 1 atom stereocenters. The van der Waals surface area contributed by atoms with E-state index >= 15 is 0 Å². The summed E-state index contributed by atoms with van der Waals surface area (Å²) >= 11 is 0. The van der Waals surface area contributed by atoms with Gasteiger partial charge in [-0.15, -0.1) is 0 Å². The first-order valence-corrected chi connectivity index (χ1v) is 11.3. The van der Waals surface area contributed by atoms with Crippen LogP contribution >= 0.6 is 0 Å². The smallest absolute Gasteiger partial charge is 0.226 e. The van der Waals surface area contributed by atoms with Gasteiger partial charge in [0, 0.05) is 25.0 Å². The maximum absolute atomic E-state index is 13.3. The molecule has 2 fully saturated rings. The molecule has 3 nitrogen and oxygen atoms in total. The second-order valence-electron chi connectivity index (χ2n) is 9.05. The third-order valence-corrected chi connectivity index (χ3v) is 6.40. The molecule has 1 aliphatic heterocycles. The van der Waals surface area contributed by atoms with Crippen molar-refractivity contribution >= 4 is 5.91 Å². The minimum Gasteiger partial charge on any atom is -0.335 e. The Balaban J connectivity index is 1.26. The van der Waals surface area contributed by atoms with Crippen LogP contribution in [0.1, 0.15) is 43.7 Å². The molecule has 0 N–H and O–H groups in total. The van der Waals surface area contributed by atoms with Crippen molar-refractivity contribution in [1.29, 1.82) is 0 Å². The topological polar surface area (TPSA) is 23.6 Å². The number of hydrogen-bond acceptors (Lipinski definition) is 2. The minimum atomic E-state index is 0.208. The Hall–Kier alpha value is -2.13. The van der Waals surface area contributed by atoms with Crippen LogP contribution in [0.5, 0.6) is 0 Å². The third-order valence-electron chi connectivity index (χ3n) is 6.40. The Morgan fingerprint density at radius 1 is 0.931 bits per heavy atom. The van der Waals surface area contributed by atoms with Crippen molar-refractivity contribution in [3.63, 3.8) is 0 Å². The zero-order valence-corrected chi connectivity index (χ0v) is 17.7. The number of rotatable bonds is 8. The zero-order chi connectivity index (χ0) is 20.1. The van der Waals surface area contributed by atoms with Crippen molar-refractivity contribution in [1.82, 2.24) is 9.80 Å². The first kappa shape index (κ1) is 20.2. The van der Waals surface area contributed by atoms with Crippen molar-refractivity contribution in [2.45, 2.75) is 51.6 Å². The first-order chi connectivity index (χ1) is 14.2. The van der Waals surface area contributed by atoms with Crippen LogP contribution in [-0.4, -0.2) is 41.4 Å². The highest BCUT2D eigenvalue weighted by Crippen LogP contribution is 2.32. The van der Waals surface area contributed by atoms with Gasteiger partial charge in [0.1, 0.15) is 0 Å². The summed E-state index contributed by atoms with van der Waals surface area (Å²) in [6.07, 6.45) is 5.50. The predicted octanol–water partition coefficient (Wildman–Crippen LogP) is 4.77. The number of amides is 1. The molecule has 1 aliphatic carbocycles. The van der Waals surface area contributed by atoms with Gasteiger partial charge < -0.3 is 9.80 Å². The normalized spacial score (nSPS) is 19.1. The van der Waals surface area contributed by atoms with Crippen molar-refractivity contribution in [2.75, 3.05) is 19.6 Å². The highest BCUT2D eigenvalue weighted by atomic mass is 16.2. The molecule has 4 rings (SSSR count). The van der Waals surface area contributed by atoms with Gasteiger partial charge in [-0.25, -0.2) is 0 Å². The second-order valence-corrected chi connectivity index (χ2v) is 9.05. The van der Waals surface area contributed by atoms with Gasteiger partial charge in [0.15, 0.2) is 0 Å². The van der Waals surface area contributed by atoms with Crippen molar-refractivity contribution in [3.05, 3.63) is 71.8 Å². The van der Waals surface area contributed by atoms with Crippen molar-refractivity contribution in [3.8, 4) is 0 Å². The quantitative estimate of drug-likeness (QED) is 0.648. The van der Waals surface area contributed by atoms with Gasteiger partial charge in [-0.3, -0.25) is 4.79 Å². The summed E-state index contributed by atoms with van der Waals surface area (Å²) < 4.78 is 0. The third kappa shape index (κ3) is 5.70. The van der Waals surface area contributed by atoms with E-state index in [0.717, 1.165) is 45.4 Å². The van der Waals surface area contributed by atoms with Crippen molar-refractivity contribution in [2.24, 2.45) is 11.8 Å². The minimum absolute atomic E-state index is 0.208. The molecule has 1 saturated heterocycles. The molecule has 2 aromatic rings. The van der Waals surface area contributed by atoms with Gasteiger partial charge in [0.25, 0.3) is 0 Å². The summed E-state index contributed by atoms with van der Waals surface area (Å²) in [5, 5.41) is 0. The van der Waals surface area contributed by atoms with Crippen LogP contribution in [0.2, 0.25) is 0 Å². The van der Waals surface area contributed by atoms with Crippen LogP contribution in [0.3, 0.4) is 0 Å². The van der Waals surface area contributed by atoms with E-state index in [4.69, 9.17) is 0 Å². The Kier molecular flexibility index (Phi) is 6.66. The molecule has 0 radical (unpaired) electrons. The van der Waals surface area contributed by atoms with Crippen LogP contribution in [-0.2, 0) is 17.8 Å². The van der Waals surface area contributed by atoms with E-state index in [1.54, 1.807) is 0 Å². The average molecular weight is 391 g/mol. The summed E-state index contributed by atoms with van der Waals surface area (Å²) in [6.45, 7) is 6.36. The Labute approximate surface area is 175 Å². The molecule has 0 aromatic heterocycles. The second kappa shape index (κ2) is 9.58. The Morgan fingerprint density at radius 2 is 1.52 bits per heavy atom. The molecule has 1 unspecified atom stereocenters. The average Bonchev–Trinajstić information content (AvgIpc) is 3.59. The van der Waals surface area contributed by atoms with Crippen LogP contribution in [0, 0.1) is 11.8 Å². The maximum Gasteiger partial charge on any atom is 0.226 e. The Bertz CT molecular complexity index is 764. The number of carbonyl (C=O) groups is 1. The monoisotopic (exact) mass is 390 g/mol. The fourth-order valence-electron chi connectivity index (χ4n) is 4.67. The molecule has 2 aromatic carbocycles. The summed E-state index contributed by atoms with van der Waals surface area (Å²) in [6, 6.07) is 21.7. The molecule has 1 heterocycles. The van der Waals surface area contributed by atoms with Crippen LogP contribution < -0.4 is 0 Å². The molecule has 3 heteroatoms. The molecule has 0 bridgehead atoms. The SMILES string of the molecule is CC(Cc1ccccc1)CN1CCC(C(=O)N(Cc2ccccc2)C2CC2)CC1. The summed E-state index contributed by atoms with van der Waals surface area (Å²) in [5.41, 5.74) is 2.67. The molecule has 2 aliphatic rings. The predicted molar refractivity (Wildman–Crippen MR) is 118 cm³/mol. The lowest BCUT2D eigenvalue weighted by molar-refractivity contribution is -0.138. The van der Waals surface area contributed by atoms with E-state index in [1.807, 2.05) is 6.07 Å². The molecule has 0 spiro atoms. The van der Waals surface area contributed by atoms with Gasteiger partial charge in [0.2, 0.25) is 5.91 Å². The molecular formula is C26H34N2O. The fraction of sp³-hybridized carbons (Fsp3) is 0.500. The highest BCUT2D eigenvalue weighted by Gasteiger charge is 2.36. The number of nitrogens with zero attached hydrogens (tertiary/aromatic N) is 2. The standard InChI is InChI=1S/C26H34N2O/c1-21(18-22-8-4-2-5-9-22)19-27-16-14-24(15-17-27)26(29)28(25-12-13-25)20-23-10-6-3-7-11-23/h2-11,21,24-25H,12-20H2,1H3. The summed E-state index contributed by atoms with van der Waals surface area (Å²) in [4.78, 5) is 18.0. The van der Waals surface area contributed by atoms with E-state index in [9.17, 15) is 4.79 Å². The van der Waals surface area contributed by atoms with Gasteiger partial charge >= 0.3 is 0 Å². The highest BCUT2D eigenvalue weighted by molar-refractivity contribution is 5.79. The largest absolute Gasteiger partial charge is 0.335 e. The van der Waals surface area contributed by atoms with Crippen LogP contribution in [0.25, 0.3) is 0 Å². The molecule has 154 valence electrons. The van der Waals surface area contributed by atoms with E-state index in [-0.39, 0.29) is 5.92 Å². The van der Waals surface area contributed by atoms with Crippen LogP contribution in [0.15, 0.2) is 60.7 Å². The summed E-state index contributed by atoms with van der Waals surface area (Å²) in [7, 11) is 0. The molecule has 29 heavy (non-hydrogen) atoms. The molecule has 1 amide bonds. The lowest BCUT2D eigenvalue weighted by Crippen LogP contribution is -2.44. The maximum atomic E-state index is 13.3. The van der Waals surface area contributed by atoms with Gasteiger partial charge in [-0.1, -0.05) is 67.6 Å². The van der Waals surface area contributed by atoms with E-state index in [1.165, 1.54) is 24.0 Å². The molecule has 1 saturated carbocycles. The first-order valence-electron chi connectivity index (χ1n) is 11.3. The fourth-order valence-corrected chi connectivity index (χ4v) is 4.67. The van der Waals surface area contributed by atoms with E-state index in [0.29, 0.717) is 17.9 Å². The van der Waals surface area contributed by atoms with Crippen molar-refractivity contribution < 1.29 is 4.79 Å². The summed E-state index contributed by atoms with van der Waals surface area (Å²) in [5.74, 6) is 1.25. The number of piperidine rings is 1. The van der Waals surface area contributed by atoms with Gasteiger partial charge in [0.05, 0.1) is 0 Å². The molecular weight excluding hydrogens is 356 g/mol. The van der Waals surface area contributed by atoms with Crippen LogP contribution in [0.4, 0.5) is 0 Å². The number of likely N-dealkylation sites (tertiary alicyclic amines) is 1. The zero-order valence-electron chi connectivity index (χ0n) is 17.7. The van der Waals surface area contributed by atoms with E-state index in [2.05, 4.69) is 71.3 Å². The lowest BCUT2D eigenvalue weighted by atomic mass is 9.93. The van der Waals surface area contributed by atoms with Gasteiger partial charge in [-0.2, -0.15) is 0 Å². The number of benzene rings is 2. The van der Waals surface area contributed by atoms with Gasteiger partial charge in [-0.05, 0) is 62.2 Å². The number of carbonyl (C=O) groups excluding carboxylic acids is 1. The van der Waals surface area contributed by atoms with E-state index < -0.39 is 0 Å². The lowest BCUT2D eigenvalue weighted by Gasteiger charge is -2.35. The Morgan fingerprint density at radius 3 is 2.10 bits per heavy atom. The number of hydrogen-bond donors (Lipinski definition) is 0.